The third-order valence-corrected chi connectivity index (χ3v) is 7.82. The van der Waals surface area contributed by atoms with E-state index in [-0.39, 0.29) is 17.2 Å². The number of aromatic nitrogens is 3. The SMILES string of the molecule is CCn1c(SCC(=O)N2CCOc3ccc(C)cc32)nc2nc(N3CCCC3)sc2c1=O. The Morgan fingerprint density at radius 3 is 2.81 bits per heavy atom. The van der Waals surface area contributed by atoms with Crippen LogP contribution >= 0.6 is 23.1 Å². The maximum Gasteiger partial charge on any atom is 0.273 e. The molecule has 1 fully saturated rings. The summed E-state index contributed by atoms with van der Waals surface area (Å²) in [6, 6.07) is 5.85. The molecule has 168 valence electrons. The van der Waals surface area contributed by atoms with Gasteiger partial charge in [-0.05, 0) is 44.4 Å². The number of benzene rings is 1. The average Bonchev–Trinajstić information content (AvgIpc) is 3.47. The van der Waals surface area contributed by atoms with Crippen LogP contribution in [0.15, 0.2) is 28.2 Å². The molecule has 2 aromatic heterocycles. The Bertz CT molecular complexity index is 1230. The molecule has 8 nitrogen and oxygen atoms in total. The van der Waals surface area contributed by atoms with Crippen LogP contribution in [0.2, 0.25) is 0 Å². The maximum absolute atomic E-state index is 13.1. The molecule has 4 heterocycles. The van der Waals surface area contributed by atoms with Crippen molar-refractivity contribution in [2.75, 3.05) is 41.8 Å². The van der Waals surface area contributed by atoms with Crippen molar-refractivity contribution in [1.29, 1.82) is 0 Å². The fraction of sp³-hybridized carbons (Fsp3) is 0.455. The van der Waals surface area contributed by atoms with Crippen molar-refractivity contribution < 1.29 is 9.53 Å². The van der Waals surface area contributed by atoms with Crippen LogP contribution in [0.4, 0.5) is 10.8 Å². The van der Waals surface area contributed by atoms with Crippen LogP contribution in [0.25, 0.3) is 10.3 Å². The van der Waals surface area contributed by atoms with Crippen molar-refractivity contribution in [2.45, 2.75) is 38.4 Å². The number of hydrogen-bond donors (Lipinski definition) is 0. The predicted molar refractivity (Wildman–Crippen MR) is 129 cm³/mol. The number of aryl methyl sites for hydroxylation is 1. The van der Waals surface area contributed by atoms with Crippen molar-refractivity contribution in [3.8, 4) is 5.75 Å². The van der Waals surface area contributed by atoms with E-state index in [1.165, 1.54) is 23.1 Å². The largest absolute Gasteiger partial charge is 0.490 e. The highest BCUT2D eigenvalue weighted by molar-refractivity contribution is 7.99. The zero-order valence-corrected chi connectivity index (χ0v) is 19.8. The molecule has 3 aromatic rings. The van der Waals surface area contributed by atoms with Gasteiger partial charge in [0.15, 0.2) is 15.9 Å². The standard InChI is InChI=1S/C22H25N5O3S2/c1-3-26-20(29)18-19(23-21(32-18)25-8-4-5-9-25)24-22(26)31-13-17(28)27-10-11-30-16-7-6-14(2)12-15(16)27/h6-7,12H,3-5,8-11,13H2,1-2H3. The quantitative estimate of drug-likeness (QED) is 0.417. The lowest BCUT2D eigenvalue weighted by atomic mass is 10.1. The monoisotopic (exact) mass is 471 g/mol. The molecule has 2 aliphatic heterocycles. The van der Waals surface area contributed by atoms with Gasteiger partial charge in [-0.3, -0.25) is 14.2 Å². The number of amides is 1. The first kappa shape index (κ1) is 21.3. The Morgan fingerprint density at radius 2 is 2.03 bits per heavy atom. The molecule has 0 unspecified atom stereocenters. The van der Waals surface area contributed by atoms with Crippen LogP contribution < -0.4 is 20.1 Å². The first-order valence-electron chi connectivity index (χ1n) is 10.9. The molecule has 2 aliphatic rings. The Labute approximate surface area is 194 Å². The molecule has 0 saturated carbocycles. The van der Waals surface area contributed by atoms with E-state index in [0.717, 1.165) is 48.1 Å². The smallest absolute Gasteiger partial charge is 0.273 e. The van der Waals surface area contributed by atoms with Gasteiger partial charge < -0.3 is 14.5 Å². The normalized spacial score (nSPS) is 15.8. The number of ether oxygens (including phenoxy) is 1. The minimum absolute atomic E-state index is 0.0295. The van der Waals surface area contributed by atoms with Crippen LogP contribution in [0.3, 0.4) is 0 Å². The summed E-state index contributed by atoms with van der Waals surface area (Å²) in [6.07, 6.45) is 2.30. The maximum atomic E-state index is 13.1. The summed E-state index contributed by atoms with van der Waals surface area (Å²) in [7, 11) is 0. The van der Waals surface area contributed by atoms with Crippen LogP contribution in [0.5, 0.6) is 5.75 Å². The van der Waals surface area contributed by atoms with Gasteiger partial charge in [-0.25, -0.2) is 4.98 Å². The lowest BCUT2D eigenvalue weighted by Crippen LogP contribution is -2.39. The number of thioether (sulfide) groups is 1. The zero-order chi connectivity index (χ0) is 22.2. The van der Waals surface area contributed by atoms with Gasteiger partial charge in [-0.15, -0.1) is 0 Å². The van der Waals surface area contributed by atoms with E-state index in [2.05, 4.69) is 14.9 Å². The second-order valence-electron chi connectivity index (χ2n) is 7.94. The summed E-state index contributed by atoms with van der Waals surface area (Å²) in [4.78, 5) is 39.5. The van der Waals surface area contributed by atoms with Crippen LogP contribution in [0, 0.1) is 6.92 Å². The Hall–Kier alpha value is -2.59. The molecule has 0 spiro atoms. The molecular formula is C22H25N5O3S2. The van der Waals surface area contributed by atoms with Crippen molar-refractivity contribution in [3.63, 3.8) is 0 Å². The molecule has 32 heavy (non-hydrogen) atoms. The number of fused-ring (bicyclic) bond motifs is 2. The summed E-state index contributed by atoms with van der Waals surface area (Å²) >= 11 is 2.71. The van der Waals surface area contributed by atoms with Gasteiger partial charge in [-0.2, -0.15) is 4.98 Å². The lowest BCUT2D eigenvalue weighted by molar-refractivity contribution is -0.116. The van der Waals surface area contributed by atoms with Crippen molar-refractivity contribution in [1.82, 2.24) is 14.5 Å². The fourth-order valence-electron chi connectivity index (χ4n) is 4.10. The first-order chi connectivity index (χ1) is 15.5. The van der Waals surface area contributed by atoms with E-state index in [0.29, 0.717) is 35.2 Å². The molecule has 10 heteroatoms. The Morgan fingerprint density at radius 1 is 1.22 bits per heavy atom. The zero-order valence-electron chi connectivity index (χ0n) is 18.2. The molecule has 0 radical (unpaired) electrons. The summed E-state index contributed by atoms with van der Waals surface area (Å²) in [6.45, 7) is 7.33. The Kier molecular flexibility index (Phi) is 5.81. The fourth-order valence-corrected chi connectivity index (χ4v) is 6.03. The van der Waals surface area contributed by atoms with Gasteiger partial charge in [0, 0.05) is 19.6 Å². The minimum Gasteiger partial charge on any atom is -0.490 e. The van der Waals surface area contributed by atoms with Gasteiger partial charge in [0.2, 0.25) is 5.91 Å². The van der Waals surface area contributed by atoms with E-state index in [1.54, 1.807) is 9.47 Å². The molecule has 0 N–H and O–H groups in total. The predicted octanol–water partition coefficient (Wildman–Crippen LogP) is 3.30. The molecule has 1 amide bonds. The van der Waals surface area contributed by atoms with E-state index in [9.17, 15) is 9.59 Å². The molecular weight excluding hydrogens is 446 g/mol. The number of carbonyl (C=O) groups is 1. The third-order valence-electron chi connectivity index (χ3n) is 5.77. The number of thiazole rings is 1. The van der Waals surface area contributed by atoms with Gasteiger partial charge in [0.05, 0.1) is 18.0 Å². The number of rotatable bonds is 5. The second kappa shape index (κ2) is 8.74. The van der Waals surface area contributed by atoms with Gasteiger partial charge >= 0.3 is 0 Å². The van der Waals surface area contributed by atoms with E-state index >= 15 is 0 Å². The van der Waals surface area contributed by atoms with E-state index in [4.69, 9.17) is 4.74 Å². The summed E-state index contributed by atoms with van der Waals surface area (Å²) in [5.41, 5.74) is 2.27. The van der Waals surface area contributed by atoms with Crippen LogP contribution in [0.1, 0.15) is 25.3 Å². The van der Waals surface area contributed by atoms with E-state index in [1.807, 2.05) is 32.0 Å². The number of anilines is 2. The van der Waals surface area contributed by atoms with Gasteiger partial charge in [0.25, 0.3) is 5.56 Å². The van der Waals surface area contributed by atoms with Crippen LogP contribution in [-0.4, -0.2) is 52.4 Å². The third kappa shape index (κ3) is 3.86. The lowest BCUT2D eigenvalue weighted by Gasteiger charge is -2.29. The topological polar surface area (TPSA) is 80.6 Å². The summed E-state index contributed by atoms with van der Waals surface area (Å²) < 4.78 is 7.92. The van der Waals surface area contributed by atoms with Crippen molar-refractivity contribution >= 4 is 50.2 Å². The molecule has 1 saturated heterocycles. The number of nitrogens with zero attached hydrogens (tertiary/aromatic N) is 5. The highest BCUT2D eigenvalue weighted by atomic mass is 32.2. The summed E-state index contributed by atoms with van der Waals surface area (Å²) in [5.74, 6) is 0.884. The first-order valence-corrected chi connectivity index (χ1v) is 12.7. The molecule has 0 atom stereocenters. The molecule has 5 rings (SSSR count). The molecule has 0 aliphatic carbocycles. The highest BCUT2D eigenvalue weighted by Gasteiger charge is 2.25. The van der Waals surface area contributed by atoms with Crippen molar-refractivity contribution in [2.24, 2.45) is 0 Å². The Balaban J connectivity index is 1.40. The van der Waals surface area contributed by atoms with Crippen molar-refractivity contribution in [3.05, 3.63) is 34.1 Å². The van der Waals surface area contributed by atoms with Crippen LogP contribution in [-0.2, 0) is 11.3 Å². The minimum atomic E-state index is -0.0808. The highest BCUT2D eigenvalue weighted by Crippen LogP contribution is 2.33. The van der Waals surface area contributed by atoms with E-state index < -0.39 is 0 Å². The van der Waals surface area contributed by atoms with Gasteiger partial charge in [-0.1, -0.05) is 29.2 Å². The molecule has 0 bridgehead atoms. The second-order valence-corrected chi connectivity index (χ2v) is 9.86. The average molecular weight is 472 g/mol. The number of hydrogen-bond acceptors (Lipinski definition) is 8. The summed E-state index contributed by atoms with van der Waals surface area (Å²) in [5, 5.41) is 1.40. The number of carbonyl (C=O) groups excluding carboxylic acids is 1. The van der Waals surface area contributed by atoms with Gasteiger partial charge in [0.1, 0.15) is 17.1 Å². The molecule has 1 aromatic carbocycles.